The van der Waals surface area contributed by atoms with Crippen molar-refractivity contribution in [1.29, 1.82) is 0 Å². The van der Waals surface area contributed by atoms with E-state index in [1.54, 1.807) is 0 Å². The van der Waals surface area contributed by atoms with Crippen LogP contribution in [0.3, 0.4) is 0 Å². The Hall–Kier alpha value is -4.42. The molecule has 0 N–H and O–H groups in total. The maximum Gasteiger partial charge on any atom is -0.00990 e. The van der Waals surface area contributed by atoms with Crippen molar-refractivity contribution < 1.29 is 0 Å². The summed E-state index contributed by atoms with van der Waals surface area (Å²) < 4.78 is 0. The molecule has 0 aliphatic heterocycles. The van der Waals surface area contributed by atoms with E-state index in [-0.39, 0.29) is 0 Å². The van der Waals surface area contributed by atoms with E-state index in [0.717, 1.165) is 0 Å². The summed E-state index contributed by atoms with van der Waals surface area (Å²) in [6, 6.07) is 47.8. The summed E-state index contributed by atoms with van der Waals surface area (Å²) in [6.07, 6.45) is 0. The minimum absolute atomic E-state index is 1.28. The number of benzene rings is 7. The van der Waals surface area contributed by atoms with Crippen LogP contribution in [0.15, 0.2) is 133 Å². The zero-order valence-corrected chi connectivity index (χ0v) is 20.7. The molecule has 0 amide bonds. The van der Waals surface area contributed by atoms with Gasteiger partial charge in [-0.3, -0.25) is 0 Å². The van der Waals surface area contributed by atoms with Gasteiger partial charge in [-0.1, -0.05) is 133 Å². The maximum absolute atomic E-state index is 2.31. The van der Waals surface area contributed by atoms with Gasteiger partial charge in [0.25, 0.3) is 0 Å². The highest BCUT2D eigenvalue weighted by Crippen LogP contribution is 2.34. The highest BCUT2D eigenvalue weighted by molar-refractivity contribution is 6.13. The highest BCUT2D eigenvalue weighted by Gasteiger charge is 2.07. The van der Waals surface area contributed by atoms with E-state index in [0.29, 0.717) is 0 Å². The normalized spacial score (nSPS) is 11.1. The van der Waals surface area contributed by atoms with E-state index in [1.165, 1.54) is 65.3 Å². The van der Waals surface area contributed by atoms with Crippen molar-refractivity contribution in [2.45, 2.75) is 13.8 Å². The van der Waals surface area contributed by atoms with Gasteiger partial charge in [0, 0.05) is 0 Å². The van der Waals surface area contributed by atoms with Gasteiger partial charge in [0.05, 0.1) is 0 Å². The fourth-order valence-electron chi connectivity index (χ4n) is 5.27. The van der Waals surface area contributed by atoms with Gasteiger partial charge in [0.2, 0.25) is 0 Å². The standard InChI is InChI=1S/C21H16.C15H12/c1-15-10-12-16(13-11-15)21-14-17-6-2-3-7-18(17)19-8-4-5-9-20(19)21;1-11-10-12-6-2-3-8-14(12)15-9-5-4-7-13(11)15/h2-14H,1H3;2-10H,1H3. The summed E-state index contributed by atoms with van der Waals surface area (Å²) in [7, 11) is 0. The van der Waals surface area contributed by atoms with Gasteiger partial charge in [0.1, 0.15) is 0 Å². The van der Waals surface area contributed by atoms with Crippen LogP contribution in [-0.4, -0.2) is 0 Å². The van der Waals surface area contributed by atoms with Gasteiger partial charge in [-0.05, 0) is 79.7 Å². The Bertz CT molecular complexity index is 1840. The van der Waals surface area contributed by atoms with E-state index < -0.39 is 0 Å². The van der Waals surface area contributed by atoms with Crippen LogP contribution < -0.4 is 0 Å². The number of rotatable bonds is 1. The summed E-state index contributed by atoms with van der Waals surface area (Å²) in [6.45, 7) is 4.30. The second-order valence-corrected chi connectivity index (χ2v) is 9.52. The van der Waals surface area contributed by atoms with E-state index in [9.17, 15) is 0 Å². The molecule has 7 aromatic carbocycles. The molecule has 7 rings (SSSR count). The predicted molar refractivity (Wildman–Crippen MR) is 158 cm³/mol. The molecule has 0 saturated carbocycles. The lowest BCUT2D eigenvalue weighted by atomic mass is 9.93. The molecule has 0 atom stereocenters. The SMILES string of the molecule is Cc1cc2ccccc2c2ccccc12.Cc1ccc(-c2cc3ccccc3c3ccccc23)cc1. The van der Waals surface area contributed by atoms with E-state index in [2.05, 4.69) is 147 Å². The monoisotopic (exact) mass is 460 g/mol. The van der Waals surface area contributed by atoms with Gasteiger partial charge in [-0.25, -0.2) is 0 Å². The van der Waals surface area contributed by atoms with Crippen LogP contribution in [0.4, 0.5) is 0 Å². The first-order chi connectivity index (χ1) is 17.7. The second kappa shape index (κ2) is 9.32. The number of hydrogen-bond donors (Lipinski definition) is 0. The van der Waals surface area contributed by atoms with Gasteiger partial charge in [-0.15, -0.1) is 0 Å². The highest BCUT2D eigenvalue weighted by atomic mass is 14.1. The molecule has 0 aromatic heterocycles. The Balaban J connectivity index is 0.000000141. The lowest BCUT2D eigenvalue weighted by Crippen LogP contribution is -1.84. The van der Waals surface area contributed by atoms with Crippen molar-refractivity contribution in [2.75, 3.05) is 0 Å². The predicted octanol–water partition coefficient (Wildman–Crippen LogP) is 10.3. The van der Waals surface area contributed by atoms with Crippen LogP contribution in [0.5, 0.6) is 0 Å². The molecule has 0 nitrogen and oxygen atoms in total. The van der Waals surface area contributed by atoms with Crippen molar-refractivity contribution in [3.8, 4) is 11.1 Å². The van der Waals surface area contributed by atoms with Crippen molar-refractivity contribution in [1.82, 2.24) is 0 Å². The first kappa shape index (κ1) is 22.1. The Morgan fingerprint density at radius 2 is 0.806 bits per heavy atom. The Kier molecular flexibility index (Phi) is 5.71. The molecule has 0 heteroatoms. The number of aryl methyl sites for hydroxylation is 2. The largest absolute Gasteiger partial charge is 0.0616 e. The Labute approximate surface area is 212 Å². The molecule has 0 fully saturated rings. The molecular formula is C36H28. The van der Waals surface area contributed by atoms with Crippen LogP contribution in [0.2, 0.25) is 0 Å². The van der Waals surface area contributed by atoms with Crippen molar-refractivity contribution in [3.63, 3.8) is 0 Å². The molecule has 0 unspecified atom stereocenters. The smallest absolute Gasteiger partial charge is 0.00990 e. The number of hydrogen-bond acceptors (Lipinski definition) is 0. The van der Waals surface area contributed by atoms with Gasteiger partial charge in [0.15, 0.2) is 0 Å². The summed E-state index contributed by atoms with van der Waals surface area (Å²) in [5.41, 5.74) is 5.24. The molecule has 0 spiro atoms. The van der Waals surface area contributed by atoms with Crippen LogP contribution in [0, 0.1) is 13.8 Å². The molecule has 36 heavy (non-hydrogen) atoms. The van der Waals surface area contributed by atoms with Crippen LogP contribution in [-0.2, 0) is 0 Å². The summed E-state index contributed by atoms with van der Waals surface area (Å²) in [5.74, 6) is 0. The Morgan fingerprint density at radius 3 is 1.42 bits per heavy atom. The van der Waals surface area contributed by atoms with E-state index in [4.69, 9.17) is 0 Å². The Morgan fingerprint density at radius 1 is 0.361 bits per heavy atom. The second-order valence-electron chi connectivity index (χ2n) is 9.52. The molecule has 0 aliphatic carbocycles. The minimum Gasteiger partial charge on any atom is -0.0616 e. The first-order valence-corrected chi connectivity index (χ1v) is 12.5. The molecule has 0 aliphatic rings. The van der Waals surface area contributed by atoms with E-state index >= 15 is 0 Å². The maximum atomic E-state index is 2.31. The fourth-order valence-corrected chi connectivity index (χ4v) is 5.27. The average Bonchev–Trinajstić information content (AvgIpc) is 2.94. The zero-order valence-electron chi connectivity index (χ0n) is 20.7. The van der Waals surface area contributed by atoms with Crippen LogP contribution in [0.25, 0.3) is 54.2 Å². The molecule has 0 heterocycles. The molecular weight excluding hydrogens is 432 g/mol. The third kappa shape index (κ3) is 4.01. The minimum atomic E-state index is 1.28. The van der Waals surface area contributed by atoms with Crippen molar-refractivity contribution in [3.05, 3.63) is 145 Å². The summed E-state index contributed by atoms with van der Waals surface area (Å²) in [5, 5.41) is 10.7. The molecule has 7 aromatic rings. The van der Waals surface area contributed by atoms with Crippen LogP contribution in [0.1, 0.15) is 11.1 Å². The lowest BCUT2D eigenvalue weighted by Gasteiger charge is -2.11. The molecule has 0 radical (unpaired) electrons. The summed E-state index contributed by atoms with van der Waals surface area (Å²) in [4.78, 5) is 0. The first-order valence-electron chi connectivity index (χ1n) is 12.5. The van der Waals surface area contributed by atoms with Gasteiger partial charge < -0.3 is 0 Å². The third-order valence-corrected chi connectivity index (χ3v) is 7.11. The average molecular weight is 461 g/mol. The fraction of sp³-hybridized carbons (Fsp3) is 0.0556. The lowest BCUT2D eigenvalue weighted by molar-refractivity contribution is 1.47. The van der Waals surface area contributed by atoms with Gasteiger partial charge >= 0.3 is 0 Å². The topological polar surface area (TPSA) is 0 Å². The molecule has 0 bridgehead atoms. The van der Waals surface area contributed by atoms with Gasteiger partial charge in [-0.2, -0.15) is 0 Å². The van der Waals surface area contributed by atoms with Crippen molar-refractivity contribution in [2.24, 2.45) is 0 Å². The van der Waals surface area contributed by atoms with Crippen molar-refractivity contribution >= 4 is 43.1 Å². The summed E-state index contributed by atoms with van der Waals surface area (Å²) >= 11 is 0. The quantitative estimate of drug-likeness (QED) is 0.214. The zero-order chi connectivity index (χ0) is 24.5. The molecule has 0 saturated heterocycles. The van der Waals surface area contributed by atoms with Crippen LogP contribution >= 0.6 is 0 Å². The third-order valence-electron chi connectivity index (χ3n) is 7.11. The van der Waals surface area contributed by atoms with E-state index in [1.807, 2.05) is 0 Å². The molecule has 172 valence electrons. The number of fused-ring (bicyclic) bond motifs is 6.